The van der Waals surface area contributed by atoms with Gasteiger partial charge in [-0.2, -0.15) is 0 Å². The molecule has 0 unspecified atom stereocenters. The van der Waals surface area contributed by atoms with Gasteiger partial charge in [-0.15, -0.1) is 0 Å². The van der Waals surface area contributed by atoms with E-state index in [0.29, 0.717) is 6.54 Å². The molecule has 2 N–H and O–H groups in total. The molecular weight excluding hydrogens is 250 g/mol. The first-order valence-electron chi connectivity index (χ1n) is 7.61. The Balaban J connectivity index is 1.85. The summed E-state index contributed by atoms with van der Waals surface area (Å²) in [6, 6.07) is 8.41. The first kappa shape index (κ1) is 14.9. The average Bonchev–Trinajstić information content (AvgIpc) is 3.29. The summed E-state index contributed by atoms with van der Waals surface area (Å²) in [6.07, 6.45) is 2.62. The molecule has 0 aromatic heterocycles. The van der Waals surface area contributed by atoms with E-state index in [4.69, 9.17) is 0 Å². The molecule has 2 rings (SSSR count). The number of anilines is 1. The molecule has 0 aliphatic heterocycles. The molecule has 4 heteroatoms. The number of carbonyl (C=O) groups is 1. The molecule has 110 valence electrons. The summed E-state index contributed by atoms with van der Waals surface area (Å²) in [6.45, 7) is 7.74. The van der Waals surface area contributed by atoms with E-state index in [0.717, 1.165) is 36.9 Å². The molecular formula is C16H25N3O. The number of rotatable bonds is 8. The normalized spacial score (nSPS) is 14.3. The van der Waals surface area contributed by atoms with Crippen LogP contribution in [0.3, 0.4) is 0 Å². The Hall–Kier alpha value is -1.55. The highest BCUT2D eigenvalue weighted by atomic mass is 16.1. The van der Waals surface area contributed by atoms with Crippen LogP contribution in [0.25, 0.3) is 0 Å². The number of nitrogens with one attached hydrogen (secondary N) is 2. The number of carbonyl (C=O) groups excluding carboxylic acids is 1. The van der Waals surface area contributed by atoms with Crippen LogP contribution in [-0.4, -0.2) is 43.0 Å². The van der Waals surface area contributed by atoms with Crippen molar-refractivity contribution in [3.05, 3.63) is 29.8 Å². The lowest BCUT2D eigenvalue weighted by Crippen LogP contribution is -2.36. The largest absolute Gasteiger partial charge is 0.385 e. The van der Waals surface area contributed by atoms with Crippen LogP contribution in [0.5, 0.6) is 0 Å². The predicted octanol–water partition coefficient (Wildman–Crippen LogP) is 2.33. The van der Waals surface area contributed by atoms with Crippen LogP contribution < -0.4 is 10.6 Å². The van der Waals surface area contributed by atoms with Crippen LogP contribution in [0.2, 0.25) is 0 Å². The zero-order valence-corrected chi connectivity index (χ0v) is 12.5. The van der Waals surface area contributed by atoms with Gasteiger partial charge in [-0.05, 0) is 38.4 Å². The maximum atomic E-state index is 12.2. The van der Waals surface area contributed by atoms with E-state index in [2.05, 4.69) is 22.5 Å². The van der Waals surface area contributed by atoms with E-state index >= 15 is 0 Å². The van der Waals surface area contributed by atoms with E-state index in [1.165, 1.54) is 12.8 Å². The minimum atomic E-state index is 0.00778. The number of para-hydroxylation sites is 1. The topological polar surface area (TPSA) is 44.4 Å². The van der Waals surface area contributed by atoms with Crippen LogP contribution >= 0.6 is 0 Å². The SMILES string of the molecule is CCNc1ccccc1C(=O)NCCN(CC)C1CC1. The van der Waals surface area contributed by atoms with Gasteiger partial charge in [0.05, 0.1) is 5.56 Å². The van der Waals surface area contributed by atoms with Crippen LogP contribution in [-0.2, 0) is 0 Å². The molecule has 0 spiro atoms. The molecule has 1 aliphatic carbocycles. The fourth-order valence-electron chi connectivity index (χ4n) is 2.47. The third-order valence-electron chi connectivity index (χ3n) is 3.69. The van der Waals surface area contributed by atoms with Gasteiger partial charge < -0.3 is 10.6 Å². The smallest absolute Gasteiger partial charge is 0.253 e. The maximum absolute atomic E-state index is 12.2. The maximum Gasteiger partial charge on any atom is 0.253 e. The average molecular weight is 275 g/mol. The first-order chi connectivity index (χ1) is 9.76. The summed E-state index contributed by atoms with van der Waals surface area (Å²) < 4.78 is 0. The molecule has 1 aromatic rings. The van der Waals surface area contributed by atoms with Gasteiger partial charge in [0.2, 0.25) is 0 Å². The number of nitrogens with zero attached hydrogens (tertiary/aromatic N) is 1. The molecule has 0 saturated heterocycles. The van der Waals surface area contributed by atoms with Crippen molar-refractivity contribution < 1.29 is 4.79 Å². The summed E-state index contributed by atoms with van der Waals surface area (Å²) in [5, 5.41) is 6.25. The summed E-state index contributed by atoms with van der Waals surface area (Å²) >= 11 is 0. The van der Waals surface area contributed by atoms with Crippen molar-refractivity contribution in [2.45, 2.75) is 32.7 Å². The third-order valence-corrected chi connectivity index (χ3v) is 3.69. The van der Waals surface area contributed by atoms with Gasteiger partial charge in [0.1, 0.15) is 0 Å². The number of hydrogen-bond donors (Lipinski definition) is 2. The fraction of sp³-hybridized carbons (Fsp3) is 0.562. The van der Waals surface area contributed by atoms with Crippen molar-refractivity contribution in [3.8, 4) is 0 Å². The number of likely N-dealkylation sites (N-methyl/N-ethyl adjacent to an activating group) is 1. The Kier molecular flexibility index (Phi) is 5.41. The highest BCUT2D eigenvalue weighted by molar-refractivity contribution is 5.99. The van der Waals surface area contributed by atoms with Crippen LogP contribution in [0.4, 0.5) is 5.69 Å². The second kappa shape index (κ2) is 7.29. The van der Waals surface area contributed by atoms with Crippen LogP contribution in [0, 0.1) is 0 Å². The Bertz CT molecular complexity index is 443. The summed E-state index contributed by atoms with van der Waals surface area (Å²) in [5.41, 5.74) is 1.63. The number of benzene rings is 1. The van der Waals surface area contributed by atoms with Crippen LogP contribution in [0.1, 0.15) is 37.0 Å². The minimum Gasteiger partial charge on any atom is -0.385 e. The van der Waals surface area contributed by atoms with Crippen molar-refractivity contribution in [1.82, 2.24) is 10.2 Å². The van der Waals surface area contributed by atoms with E-state index in [9.17, 15) is 4.79 Å². The molecule has 1 aromatic carbocycles. The third kappa shape index (κ3) is 3.97. The van der Waals surface area contributed by atoms with Gasteiger partial charge in [0.15, 0.2) is 0 Å². The Morgan fingerprint density at radius 1 is 1.30 bits per heavy atom. The lowest BCUT2D eigenvalue weighted by molar-refractivity contribution is 0.0948. The molecule has 1 aliphatic rings. The molecule has 0 heterocycles. The second-order valence-corrected chi connectivity index (χ2v) is 5.19. The van der Waals surface area contributed by atoms with E-state index in [-0.39, 0.29) is 5.91 Å². The van der Waals surface area contributed by atoms with Crippen molar-refractivity contribution in [2.24, 2.45) is 0 Å². The van der Waals surface area contributed by atoms with Crippen molar-refractivity contribution in [2.75, 3.05) is 31.5 Å². The van der Waals surface area contributed by atoms with Crippen molar-refractivity contribution in [1.29, 1.82) is 0 Å². The lowest BCUT2D eigenvalue weighted by atomic mass is 10.1. The predicted molar refractivity (Wildman–Crippen MR) is 83.2 cm³/mol. The van der Waals surface area contributed by atoms with E-state index < -0.39 is 0 Å². The fourth-order valence-corrected chi connectivity index (χ4v) is 2.47. The van der Waals surface area contributed by atoms with Crippen molar-refractivity contribution in [3.63, 3.8) is 0 Å². The molecule has 20 heavy (non-hydrogen) atoms. The highest BCUT2D eigenvalue weighted by Gasteiger charge is 2.27. The van der Waals surface area contributed by atoms with Gasteiger partial charge in [0, 0.05) is 31.4 Å². The highest BCUT2D eigenvalue weighted by Crippen LogP contribution is 2.25. The standard InChI is InChI=1S/C16H25N3O/c1-3-17-15-8-6-5-7-14(15)16(20)18-11-12-19(4-2)13-9-10-13/h5-8,13,17H,3-4,9-12H2,1-2H3,(H,18,20). The van der Waals surface area contributed by atoms with E-state index in [1.807, 2.05) is 31.2 Å². The lowest BCUT2D eigenvalue weighted by Gasteiger charge is -2.20. The van der Waals surface area contributed by atoms with Gasteiger partial charge >= 0.3 is 0 Å². The molecule has 1 amide bonds. The van der Waals surface area contributed by atoms with Gasteiger partial charge in [-0.25, -0.2) is 0 Å². The summed E-state index contributed by atoms with van der Waals surface area (Å²) in [5.74, 6) is 0.00778. The monoisotopic (exact) mass is 275 g/mol. The Morgan fingerprint density at radius 3 is 2.70 bits per heavy atom. The summed E-state index contributed by atoms with van der Waals surface area (Å²) in [4.78, 5) is 14.7. The zero-order chi connectivity index (χ0) is 14.4. The van der Waals surface area contributed by atoms with Crippen molar-refractivity contribution >= 4 is 11.6 Å². The molecule has 0 bridgehead atoms. The molecule has 0 atom stereocenters. The quantitative estimate of drug-likeness (QED) is 0.765. The molecule has 1 saturated carbocycles. The van der Waals surface area contributed by atoms with Gasteiger partial charge in [-0.1, -0.05) is 19.1 Å². The molecule has 1 fully saturated rings. The molecule has 4 nitrogen and oxygen atoms in total. The van der Waals surface area contributed by atoms with Crippen LogP contribution in [0.15, 0.2) is 24.3 Å². The second-order valence-electron chi connectivity index (χ2n) is 5.19. The number of amides is 1. The van der Waals surface area contributed by atoms with Gasteiger partial charge in [-0.3, -0.25) is 9.69 Å². The molecule has 0 radical (unpaired) electrons. The summed E-state index contributed by atoms with van der Waals surface area (Å²) in [7, 11) is 0. The minimum absolute atomic E-state index is 0.00778. The van der Waals surface area contributed by atoms with E-state index in [1.54, 1.807) is 0 Å². The first-order valence-corrected chi connectivity index (χ1v) is 7.61. The number of hydrogen-bond acceptors (Lipinski definition) is 3. The Morgan fingerprint density at radius 2 is 2.05 bits per heavy atom. The van der Waals surface area contributed by atoms with Gasteiger partial charge in [0.25, 0.3) is 5.91 Å². The zero-order valence-electron chi connectivity index (χ0n) is 12.5. The Labute approximate surface area is 121 Å².